The average molecular weight is 203 g/mol. The number of hydrogen-bond acceptors (Lipinski definition) is 3. The van der Waals surface area contributed by atoms with Gasteiger partial charge in [0.25, 0.3) is 5.82 Å². The summed E-state index contributed by atoms with van der Waals surface area (Å²) in [5, 5.41) is 4.56. The van der Waals surface area contributed by atoms with Gasteiger partial charge < -0.3 is 5.73 Å². The van der Waals surface area contributed by atoms with Crippen LogP contribution in [0.15, 0.2) is 41.4 Å². The molecule has 15 heavy (non-hydrogen) atoms. The lowest BCUT2D eigenvalue weighted by Crippen LogP contribution is -2.36. The first-order valence-electron chi connectivity index (χ1n) is 5.03. The fourth-order valence-electron chi connectivity index (χ4n) is 1.70. The highest BCUT2D eigenvalue weighted by Gasteiger charge is 2.34. The summed E-state index contributed by atoms with van der Waals surface area (Å²) in [6, 6.07) is 5.83. The van der Waals surface area contributed by atoms with Crippen LogP contribution in [0.1, 0.15) is 13.8 Å². The molecule has 0 amide bonds. The van der Waals surface area contributed by atoms with E-state index >= 15 is 0 Å². The number of nitrogens with zero attached hydrogens (tertiary/aromatic N) is 3. The van der Waals surface area contributed by atoms with Gasteiger partial charge in [-0.1, -0.05) is 11.2 Å². The quantitative estimate of drug-likeness (QED) is 0.742. The number of aromatic nitrogens is 1. The van der Waals surface area contributed by atoms with E-state index in [1.54, 1.807) is 6.20 Å². The Balaban J connectivity index is 2.51. The summed E-state index contributed by atoms with van der Waals surface area (Å²) in [5.41, 5.74) is 7.47. The zero-order valence-electron chi connectivity index (χ0n) is 9.01. The summed E-state index contributed by atoms with van der Waals surface area (Å²) >= 11 is 0. The third-order valence-electron chi connectivity index (χ3n) is 2.63. The maximum atomic E-state index is 5.85. The monoisotopic (exact) mass is 203 g/mol. The van der Waals surface area contributed by atoms with Gasteiger partial charge in [-0.2, -0.15) is 0 Å². The van der Waals surface area contributed by atoms with Crippen LogP contribution in [0.2, 0.25) is 0 Å². The van der Waals surface area contributed by atoms with Crippen molar-refractivity contribution in [1.29, 1.82) is 0 Å². The highest BCUT2D eigenvalue weighted by Crippen LogP contribution is 2.26. The second kappa shape index (κ2) is 3.47. The minimum Gasteiger partial charge on any atom is -0.393 e. The van der Waals surface area contributed by atoms with E-state index in [4.69, 9.17) is 5.73 Å². The van der Waals surface area contributed by atoms with Gasteiger partial charge in [0, 0.05) is 12.3 Å². The van der Waals surface area contributed by atoms with Crippen molar-refractivity contribution in [1.82, 2.24) is 9.58 Å². The first-order chi connectivity index (χ1) is 7.18. The van der Waals surface area contributed by atoms with Crippen LogP contribution in [0.3, 0.4) is 0 Å². The average Bonchev–Trinajstić information content (AvgIpc) is 2.57. The van der Waals surface area contributed by atoms with E-state index in [1.165, 1.54) is 0 Å². The van der Waals surface area contributed by atoms with Gasteiger partial charge in [-0.25, -0.2) is 4.98 Å². The van der Waals surface area contributed by atoms with Crippen molar-refractivity contribution in [3.8, 4) is 0 Å². The van der Waals surface area contributed by atoms with E-state index < -0.39 is 0 Å². The van der Waals surface area contributed by atoms with Crippen LogP contribution in [-0.4, -0.2) is 17.2 Å². The maximum Gasteiger partial charge on any atom is 0.259 e. The molecule has 0 saturated heterocycles. The predicted molar refractivity (Wildman–Crippen MR) is 62.0 cm³/mol. The molecule has 0 saturated carbocycles. The van der Waals surface area contributed by atoms with Gasteiger partial charge in [-0.05, 0) is 19.9 Å². The second-order valence-corrected chi connectivity index (χ2v) is 3.60. The van der Waals surface area contributed by atoms with Crippen molar-refractivity contribution in [2.45, 2.75) is 13.8 Å². The van der Waals surface area contributed by atoms with Crippen LogP contribution in [0.5, 0.6) is 0 Å². The number of rotatable bonds is 2. The molecule has 0 radical (unpaired) electrons. The Morgan fingerprint density at radius 2 is 2.20 bits per heavy atom. The van der Waals surface area contributed by atoms with Crippen molar-refractivity contribution in [3.63, 3.8) is 0 Å². The summed E-state index contributed by atoms with van der Waals surface area (Å²) in [7, 11) is 0. The normalized spacial score (nSPS) is 24.9. The Morgan fingerprint density at radius 3 is 2.67 bits per heavy atom. The third kappa shape index (κ3) is 1.53. The lowest BCUT2D eigenvalue weighted by atomic mass is 10.3. The van der Waals surface area contributed by atoms with E-state index in [2.05, 4.69) is 17.0 Å². The van der Waals surface area contributed by atoms with Gasteiger partial charge in [0.2, 0.25) is 0 Å². The van der Waals surface area contributed by atoms with Crippen LogP contribution < -0.4 is 10.3 Å². The number of nitrogens with two attached hydrogens (primary N) is 1. The van der Waals surface area contributed by atoms with Crippen LogP contribution in [0.25, 0.3) is 0 Å². The van der Waals surface area contributed by atoms with Crippen LogP contribution in [0.4, 0.5) is 5.82 Å². The molecule has 1 atom stereocenters. The fourth-order valence-corrected chi connectivity index (χ4v) is 1.70. The van der Waals surface area contributed by atoms with E-state index in [-0.39, 0.29) is 0 Å². The van der Waals surface area contributed by atoms with Crippen molar-refractivity contribution in [2.75, 3.05) is 6.54 Å². The smallest absolute Gasteiger partial charge is 0.259 e. The Kier molecular flexibility index (Phi) is 2.28. The standard InChI is InChI=1S/C11H15N4/c1-3-15(8-10(12)9(2)14-15)11-6-4-5-7-13-11/h4-8H,3,12H2,1-2H3/q+1. The second-order valence-electron chi connectivity index (χ2n) is 3.60. The molecule has 0 fully saturated rings. The fraction of sp³-hybridized carbons (Fsp3) is 0.273. The van der Waals surface area contributed by atoms with E-state index in [0.717, 1.165) is 23.8 Å². The number of allylic oxidation sites excluding steroid dienone is 1. The Bertz CT molecular complexity index is 401. The molecule has 0 bridgehead atoms. The molecule has 2 rings (SSSR count). The van der Waals surface area contributed by atoms with Crippen molar-refractivity contribution in [3.05, 3.63) is 36.3 Å². The molecule has 4 nitrogen and oxygen atoms in total. The molecule has 1 aromatic rings. The maximum absolute atomic E-state index is 5.85. The molecular weight excluding hydrogens is 188 g/mol. The molecule has 0 spiro atoms. The molecule has 2 N–H and O–H groups in total. The predicted octanol–water partition coefficient (Wildman–Crippen LogP) is 1.60. The number of quaternary nitrogens is 1. The Morgan fingerprint density at radius 1 is 1.40 bits per heavy atom. The Hall–Kier alpha value is -1.68. The number of pyridine rings is 1. The molecule has 4 heteroatoms. The summed E-state index contributed by atoms with van der Waals surface area (Å²) < 4.78 is 0.374. The van der Waals surface area contributed by atoms with E-state index in [9.17, 15) is 0 Å². The van der Waals surface area contributed by atoms with Gasteiger partial charge in [0.15, 0.2) is 6.20 Å². The molecule has 0 aliphatic carbocycles. The molecule has 1 aliphatic heterocycles. The topological polar surface area (TPSA) is 51.3 Å². The molecule has 1 aromatic heterocycles. The van der Waals surface area contributed by atoms with Gasteiger partial charge in [-0.3, -0.25) is 0 Å². The van der Waals surface area contributed by atoms with Crippen LogP contribution in [0, 0.1) is 0 Å². The molecule has 1 unspecified atom stereocenters. The third-order valence-corrected chi connectivity index (χ3v) is 2.63. The van der Waals surface area contributed by atoms with Crippen molar-refractivity contribution in [2.24, 2.45) is 10.8 Å². The first kappa shape index (κ1) is 9.86. The van der Waals surface area contributed by atoms with Crippen LogP contribution >= 0.6 is 0 Å². The highest BCUT2D eigenvalue weighted by atomic mass is 15.6. The van der Waals surface area contributed by atoms with E-state index in [0.29, 0.717) is 4.59 Å². The van der Waals surface area contributed by atoms with Gasteiger partial charge in [0.1, 0.15) is 18.0 Å². The zero-order valence-corrected chi connectivity index (χ0v) is 9.01. The van der Waals surface area contributed by atoms with Crippen molar-refractivity contribution >= 4 is 11.5 Å². The molecule has 78 valence electrons. The van der Waals surface area contributed by atoms with Crippen molar-refractivity contribution < 1.29 is 0 Å². The first-order valence-corrected chi connectivity index (χ1v) is 5.03. The minimum atomic E-state index is 0.374. The highest BCUT2D eigenvalue weighted by molar-refractivity contribution is 5.99. The van der Waals surface area contributed by atoms with E-state index in [1.807, 2.05) is 31.3 Å². The molecular formula is C11H15N4+. The lowest BCUT2D eigenvalue weighted by Gasteiger charge is -2.21. The summed E-state index contributed by atoms with van der Waals surface area (Å²) in [4.78, 5) is 4.34. The molecule has 0 aromatic carbocycles. The lowest BCUT2D eigenvalue weighted by molar-refractivity contribution is 0.407. The Labute approximate surface area is 89.3 Å². The van der Waals surface area contributed by atoms with Gasteiger partial charge in [0.05, 0.1) is 0 Å². The molecule has 2 heterocycles. The summed E-state index contributed by atoms with van der Waals surface area (Å²) in [6.07, 6.45) is 3.72. The van der Waals surface area contributed by atoms with Crippen LogP contribution in [-0.2, 0) is 0 Å². The summed E-state index contributed by atoms with van der Waals surface area (Å²) in [5.74, 6) is 0.903. The summed E-state index contributed by atoms with van der Waals surface area (Å²) in [6.45, 7) is 4.81. The van der Waals surface area contributed by atoms with Gasteiger partial charge >= 0.3 is 0 Å². The minimum absolute atomic E-state index is 0.374. The zero-order chi connectivity index (χ0) is 10.9. The molecule has 1 aliphatic rings. The van der Waals surface area contributed by atoms with Gasteiger partial charge in [-0.15, -0.1) is 4.59 Å². The SMILES string of the molecule is CC[N+]1(c2ccccn2)C=C(N)C(C)=N1. The number of hydrogen-bond donors (Lipinski definition) is 1. The largest absolute Gasteiger partial charge is 0.393 e.